The number of pyridine rings is 1. The van der Waals surface area contributed by atoms with Crippen molar-refractivity contribution in [1.82, 2.24) is 10.1 Å². The van der Waals surface area contributed by atoms with Gasteiger partial charge in [0.15, 0.2) is 0 Å². The van der Waals surface area contributed by atoms with E-state index in [1.54, 1.807) is 38.5 Å². The molecule has 0 atom stereocenters. The maximum Gasteiger partial charge on any atom is 0.242 e. The third-order valence-corrected chi connectivity index (χ3v) is 4.95. The van der Waals surface area contributed by atoms with Crippen LogP contribution in [0.3, 0.4) is 0 Å². The predicted molar refractivity (Wildman–Crippen MR) is 113 cm³/mol. The molecule has 30 heavy (non-hydrogen) atoms. The van der Waals surface area contributed by atoms with Crippen molar-refractivity contribution in [2.24, 2.45) is 0 Å². The normalized spacial score (nSPS) is 10.8. The molecule has 0 spiro atoms. The van der Waals surface area contributed by atoms with Crippen LogP contribution < -0.4 is 4.90 Å². The summed E-state index contributed by atoms with van der Waals surface area (Å²) in [6.07, 6.45) is 3.56. The molecule has 0 aliphatic rings. The average molecular weight is 401 g/mol. The van der Waals surface area contributed by atoms with E-state index in [-0.39, 0.29) is 18.1 Å². The van der Waals surface area contributed by atoms with Gasteiger partial charge in [-0.05, 0) is 53.9 Å². The van der Waals surface area contributed by atoms with Crippen molar-refractivity contribution in [3.05, 3.63) is 90.0 Å². The van der Waals surface area contributed by atoms with Gasteiger partial charge in [-0.25, -0.2) is 4.39 Å². The van der Waals surface area contributed by atoms with E-state index in [9.17, 15) is 9.18 Å². The van der Waals surface area contributed by atoms with E-state index < -0.39 is 0 Å². The Morgan fingerprint density at radius 3 is 2.47 bits per heavy atom. The molecule has 4 rings (SSSR count). The van der Waals surface area contributed by atoms with Crippen LogP contribution in [0.2, 0.25) is 0 Å². The number of hydrogen-bond donors (Lipinski definition) is 0. The minimum atomic E-state index is -0.289. The summed E-state index contributed by atoms with van der Waals surface area (Å²) in [7, 11) is 1.66. The molecule has 6 heteroatoms. The summed E-state index contributed by atoms with van der Waals surface area (Å²) < 4.78 is 19.4. The first-order chi connectivity index (χ1) is 14.5. The number of likely N-dealkylation sites (N-methyl/N-ethyl adjacent to an activating group) is 1. The van der Waals surface area contributed by atoms with Gasteiger partial charge in [-0.1, -0.05) is 35.5 Å². The van der Waals surface area contributed by atoms with Gasteiger partial charge < -0.3 is 4.52 Å². The van der Waals surface area contributed by atoms with Crippen molar-refractivity contribution in [3.63, 3.8) is 0 Å². The van der Waals surface area contributed by atoms with E-state index in [4.69, 9.17) is 4.52 Å². The topological polar surface area (TPSA) is 59.2 Å². The fourth-order valence-corrected chi connectivity index (χ4v) is 3.28. The molecule has 0 bridgehead atoms. The van der Waals surface area contributed by atoms with E-state index in [0.717, 1.165) is 11.1 Å². The molecule has 0 aliphatic carbocycles. The number of rotatable bonds is 5. The van der Waals surface area contributed by atoms with E-state index in [1.807, 2.05) is 42.5 Å². The molecule has 0 unspecified atom stereocenters. The Balaban J connectivity index is 1.77. The van der Waals surface area contributed by atoms with Crippen molar-refractivity contribution in [1.29, 1.82) is 0 Å². The zero-order valence-corrected chi connectivity index (χ0v) is 16.7. The minimum absolute atomic E-state index is 0.130. The largest absolute Gasteiger partial charge is 0.337 e. The number of aromatic nitrogens is 2. The van der Waals surface area contributed by atoms with E-state index in [1.165, 1.54) is 11.0 Å². The van der Waals surface area contributed by atoms with Crippen LogP contribution in [0, 0.1) is 12.7 Å². The third kappa shape index (κ3) is 3.85. The summed E-state index contributed by atoms with van der Waals surface area (Å²) in [4.78, 5) is 18.5. The van der Waals surface area contributed by atoms with Crippen LogP contribution in [0.25, 0.3) is 22.4 Å². The fraction of sp³-hybridized carbons (Fsp3) is 0.125. The Morgan fingerprint density at radius 2 is 1.77 bits per heavy atom. The number of nitrogens with zero attached hydrogens (tertiary/aromatic N) is 3. The van der Waals surface area contributed by atoms with Gasteiger partial charge in [0.1, 0.15) is 11.5 Å². The van der Waals surface area contributed by atoms with Gasteiger partial charge in [-0.3, -0.25) is 14.7 Å². The zero-order chi connectivity index (χ0) is 21.1. The number of halogens is 1. The lowest BCUT2D eigenvalue weighted by atomic mass is 10.00. The summed E-state index contributed by atoms with van der Waals surface area (Å²) in [5.74, 6) is -0.0864. The summed E-state index contributed by atoms with van der Waals surface area (Å²) in [6, 6.07) is 17.9. The third-order valence-electron chi connectivity index (χ3n) is 4.95. The van der Waals surface area contributed by atoms with Crippen LogP contribution >= 0.6 is 0 Å². The molecule has 0 fully saturated rings. The van der Waals surface area contributed by atoms with E-state index in [2.05, 4.69) is 10.1 Å². The summed E-state index contributed by atoms with van der Waals surface area (Å²) in [5, 5.41) is 4.23. The van der Waals surface area contributed by atoms with E-state index >= 15 is 0 Å². The standard InChI is InChI=1S/C24H20FN3O2/c1-16-14-19(8-9-20(16)25)23-22(18-10-12-26-13-11-18)24(30-27-23)28(2)21(29)15-17-6-4-3-5-7-17/h3-14H,15H2,1-2H3. The van der Waals surface area contributed by atoms with Crippen LogP contribution in [0.1, 0.15) is 11.1 Å². The number of benzene rings is 2. The Bertz CT molecular complexity index is 1170. The van der Waals surface area contributed by atoms with Crippen molar-refractivity contribution >= 4 is 11.8 Å². The molecule has 0 N–H and O–H groups in total. The van der Waals surface area contributed by atoms with Crippen molar-refractivity contribution in [3.8, 4) is 22.4 Å². The Kier molecular flexibility index (Phi) is 5.39. The summed E-state index contributed by atoms with van der Waals surface area (Å²) in [6.45, 7) is 1.70. The number of carbonyl (C=O) groups excluding carboxylic acids is 1. The maximum atomic E-state index is 13.8. The molecule has 0 aliphatic heterocycles. The molecular weight excluding hydrogens is 381 g/mol. The van der Waals surface area contributed by atoms with Gasteiger partial charge in [0.05, 0.1) is 12.0 Å². The first-order valence-electron chi connectivity index (χ1n) is 9.51. The second kappa shape index (κ2) is 8.29. The molecule has 0 saturated carbocycles. The van der Waals surface area contributed by atoms with Crippen LogP contribution in [-0.4, -0.2) is 23.1 Å². The average Bonchev–Trinajstić information content (AvgIpc) is 3.21. The van der Waals surface area contributed by atoms with Gasteiger partial charge in [-0.15, -0.1) is 0 Å². The highest BCUT2D eigenvalue weighted by atomic mass is 19.1. The monoisotopic (exact) mass is 401 g/mol. The van der Waals surface area contributed by atoms with Gasteiger partial charge in [-0.2, -0.15) is 0 Å². The van der Waals surface area contributed by atoms with Gasteiger partial charge in [0, 0.05) is 25.0 Å². The van der Waals surface area contributed by atoms with Crippen LogP contribution in [0.5, 0.6) is 0 Å². The fourth-order valence-electron chi connectivity index (χ4n) is 3.28. The highest BCUT2D eigenvalue weighted by Crippen LogP contribution is 2.39. The number of hydrogen-bond acceptors (Lipinski definition) is 4. The number of carbonyl (C=O) groups is 1. The van der Waals surface area contributed by atoms with Crippen LogP contribution in [0.4, 0.5) is 10.3 Å². The zero-order valence-electron chi connectivity index (χ0n) is 16.7. The number of amides is 1. The predicted octanol–water partition coefficient (Wildman–Crippen LogP) is 5.06. The molecule has 2 aromatic heterocycles. The van der Waals surface area contributed by atoms with Gasteiger partial charge in [0.25, 0.3) is 0 Å². The summed E-state index contributed by atoms with van der Waals surface area (Å²) >= 11 is 0. The molecule has 1 amide bonds. The lowest BCUT2D eigenvalue weighted by molar-refractivity contribution is -0.117. The maximum absolute atomic E-state index is 13.8. The molecular formula is C24H20FN3O2. The Morgan fingerprint density at radius 1 is 1.03 bits per heavy atom. The first-order valence-corrected chi connectivity index (χ1v) is 9.51. The van der Waals surface area contributed by atoms with E-state index in [0.29, 0.717) is 28.3 Å². The molecule has 0 radical (unpaired) electrons. The molecule has 4 aromatic rings. The highest BCUT2D eigenvalue weighted by Gasteiger charge is 2.25. The van der Waals surface area contributed by atoms with Gasteiger partial charge >= 0.3 is 0 Å². The van der Waals surface area contributed by atoms with Crippen molar-refractivity contribution < 1.29 is 13.7 Å². The smallest absolute Gasteiger partial charge is 0.242 e. The van der Waals surface area contributed by atoms with Crippen LogP contribution in [0.15, 0.2) is 77.6 Å². The lowest BCUT2D eigenvalue weighted by Gasteiger charge is -2.16. The number of anilines is 1. The second-order valence-electron chi connectivity index (χ2n) is 7.03. The van der Waals surface area contributed by atoms with Crippen molar-refractivity contribution in [2.45, 2.75) is 13.3 Å². The highest BCUT2D eigenvalue weighted by molar-refractivity contribution is 5.99. The van der Waals surface area contributed by atoms with Crippen LogP contribution in [-0.2, 0) is 11.2 Å². The minimum Gasteiger partial charge on any atom is -0.337 e. The molecule has 0 saturated heterocycles. The van der Waals surface area contributed by atoms with Crippen molar-refractivity contribution in [2.75, 3.05) is 11.9 Å². The summed E-state index contributed by atoms with van der Waals surface area (Å²) in [5.41, 5.74) is 4.13. The molecule has 5 nitrogen and oxygen atoms in total. The lowest BCUT2D eigenvalue weighted by Crippen LogP contribution is -2.27. The number of aryl methyl sites for hydroxylation is 1. The van der Waals surface area contributed by atoms with Gasteiger partial charge in [0.2, 0.25) is 11.8 Å². The molecule has 2 heterocycles. The second-order valence-corrected chi connectivity index (χ2v) is 7.03. The Labute approximate surface area is 173 Å². The quantitative estimate of drug-likeness (QED) is 0.469. The molecule has 2 aromatic carbocycles. The first kappa shape index (κ1) is 19.5. The Hall–Kier alpha value is -3.80. The SMILES string of the molecule is Cc1cc(-c2noc(N(C)C(=O)Cc3ccccc3)c2-c2ccncc2)ccc1F. The molecule has 150 valence electrons.